The lowest BCUT2D eigenvalue weighted by Crippen LogP contribution is -2.16. The summed E-state index contributed by atoms with van der Waals surface area (Å²) in [5, 5.41) is 3.24. The number of aromatic nitrogens is 1. The lowest BCUT2D eigenvalue weighted by atomic mass is 10.4. The van der Waals surface area contributed by atoms with E-state index in [1.807, 2.05) is 24.0 Å². The van der Waals surface area contributed by atoms with Crippen LogP contribution in [0, 0.1) is 0 Å². The molecule has 2 heterocycles. The second-order valence-electron chi connectivity index (χ2n) is 2.48. The molecule has 0 unspecified atom stereocenters. The van der Waals surface area contributed by atoms with E-state index in [9.17, 15) is 0 Å². The summed E-state index contributed by atoms with van der Waals surface area (Å²) >= 11 is 0. The Morgan fingerprint density at radius 1 is 1.60 bits per heavy atom. The van der Waals surface area contributed by atoms with Gasteiger partial charge in [0.15, 0.2) is 5.75 Å². The van der Waals surface area contributed by atoms with E-state index in [0.717, 1.165) is 24.6 Å². The number of anilines is 1. The topological polar surface area (TPSA) is 26.2 Å². The first-order valence-electron chi connectivity index (χ1n) is 3.39. The number of nitrogens with zero attached hydrogens (tertiary/aromatic N) is 1. The van der Waals surface area contributed by atoms with Crippen molar-refractivity contribution >= 4 is 5.69 Å². The number of hydrogen-bond acceptors (Lipinski definition) is 2. The fraction of sp³-hybridized carbons (Fsp3) is 0.429. The van der Waals surface area contributed by atoms with Crippen molar-refractivity contribution in [1.29, 1.82) is 0 Å². The van der Waals surface area contributed by atoms with Crippen molar-refractivity contribution in [1.82, 2.24) is 4.57 Å². The molecule has 1 aliphatic rings. The molecule has 54 valence electrons. The first-order chi connectivity index (χ1) is 4.86. The summed E-state index contributed by atoms with van der Waals surface area (Å²) in [5.74, 6) is 0.966. The third-order valence-electron chi connectivity index (χ3n) is 1.59. The third kappa shape index (κ3) is 0.744. The molecule has 1 N–H and O–H groups in total. The molecule has 0 saturated carbocycles. The van der Waals surface area contributed by atoms with Gasteiger partial charge in [0, 0.05) is 26.0 Å². The minimum Gasteiger partial charge on any atom is -0.488 e. The molecule has 1 aromatic heterocycles. The zero-order valence-electron chi connectivity index (χ0n) is 5.92. The SMILES string of the molecule is Cn1cc2c(c1)OCCN2. The van der Waals surface area contributed by atoms with Gasteiger partial charge in [-0.3, -0.25) is 0 Å². The maximum atomic E-state index is 5.36. The van der Waals surface area contributed by atoms with Crippen molar-refractivity contribution in [3.63, 3.8) is 0 Å². The molecule has 0 saturated heterocycles. The Morgan fingerprint density at radius 3 is 3.30 bits per heavy atom. The molecule has 10 heavy (non-hydrogen) atoms. The van der Waals surface area contributed by atoms with E-state index < -0.39 is 0 Å². The maximum absolute atomic E-state index is 5.36. The fourth-order valence-electron chi connectivity index (χ4n) is 1.15. The predicted molar refractivity (Wildman–Crippen MR) is 39.4 cm³/mol. The van der Waals surface area contributed by atoms with Crippen molar-refractivity contribution in [3.05, 3.63) is 12.4 Å². The molecule has 0 atom stereocenters. The molecule has 1 aromatic rings. The van der Waals surface area contributed by atoms with Crippen LogP contribution in [0.3, 0.4) is 0 Å². The Kier molecular flexibility index (Phi) is 1.09. The summed E-state index contributed by atoms with van der Waals surface area (Å²) in [6.07, 6.45) is 4.00. The lowest BCUT2D eigenvalue weighted by molar-refractivity contribution is 0.323. The minimum absolute atomic E-state index is 0.775. The van der Waals surface area contributed by atoms with Gasteiger partial charge in [-0.05, 0) is 0 Å². The average Bonchev–Trinajstić information content (AvgIpc) is 2.27. The monoisotopic (exact) mass is 138 g/mol. The van der Waals surface area contributed by atoms with Gasteiger partial charge in [0.05, 0.1) is 5.69 Å². The molecular weight excluding hydrogens is 128 g/mol. The quantitative estimate of drug-likeness (QED) is 0.574. The summed E-state index contributed by atoms with van der Waals surface area (Å²) in [7, 11) is 1.99. The van der Waals surface area contributed by atoms with Gasteiger partial charge in [0.1, 0.15) is 6.61 Å². The molecular formula is C7H10N2O. The van der Waals surface area contributed by atoms with Gasteiger partial charge in [-0.15, -0.1) is 0 Å². The van der Waals surface area contributed by atoms with E-state index in [0.29, 0.717) is 0 Å². The summed E-state index contributed by atoms with van der Waals surface area (Å²) in [6.45, 7) is 1.69. The van der Waals surface area contributed by atoms with Crippen LogP contribution in [0.5, 0.6) is 5.75 Å². The fourth-order valence-corrected chi connectivity index (χ4v) is 1.15. The van der Waals surface area contributed by atoms with Gasteiger partial charge in [0.25, 0.3) is 0 Å². The van der Waals surface area contributed by atoms with E-state index in [4.69, 9.17) is 4.74 Å². The normalized spacial score (nSPS) is 15.3. The second kappa shape index (κ2) is 1.94. The van der Waals surface area contributed by atoms with Crippen molar-refractivity contribution in [2.75, 3.05) is 18.5 Å². The molecule has 0 radical (unpaired) electrons. The van der Waals surface area contributed by atoms with Crippen molar-refractivity contribution in [2.45, 2.75) is 0 Å². The average molecular weight is 138 g/mol. The maximum Gasteiger partial charge on any atom is 0.160 e. The van der Waals surface area contributed by atoms with Crippen LogP contribution in [0.4, 0.5) is 5.69 Å². The van der Waals surface area contributed by atoms with Crippen molar-refractivity contribution in [3.8, 4) is 5.75 Å². The Labute approximate surface area is 59.6 Å². The number of ether oxygens (including phenoxy) is 1. The standard InChI is InChI=1S/C7H10N2O/c1-9-4-6-7(5-9)10-3-2-8-6/h4-5,8H,2-3H2,1H3. The Hall–Kier alpha value is -1.12. The summed E-state index contributed by atoms with van der Waals surface area (Å²) in [6, 6.07) is 0. The number of rotatable bonds is 0. The molecule has 0 spiro atoms. The molecule has 0 aromatic carbocycles. The van der Waals surface area contributed by atoms with Gasteiger partial charge in [0.2, 0.25) is 0 Å². The lowest BCUT2D eigenvalue weighted by Gasteiger charge is -2.13. The van der Waals surface area contributed by atoms with Crippen LogP contribution in [0.1, 0.15) is 0 Å². The first-order valence-corrected chi connectivity index (χ1v) is 3.39. The van der Waals surface area contributed by atoms with Crippen LogP contribution in [-0.4, -0.2) is 17.7 Å². The predicted octanol–water partition coefficient (Wildman–Crippen LogP) is 0.829. The molecule has 3 nitrogen and oxygen atoms in total. The minimum atomic E-state index is 0.775. The van der Waals surface area contributed by atoms with Gasteiger partial charge in [-0.25, -0.2) is 0 Å². The number of hydrogen-bond donors (Lipinski definition) is 1. The zero-order valence-corrected chi connectivity index (χ0v) is 5.92. The van der Waals surface area contributed by atoms with E-state index in [1.165, 1.54) is 0 Å². The smallest absolute Gasteiger partial charge is 0.160 e. The number of aryl methyl sites for hydroxylation is 1. The van der Waals surface area contributed by atoms with Gasteiger partial charge in [-0.2, -0.15) is 0 Å². The van der Waals surface area contributed by atoms with Gasteiger partial charge in [-0.1, -0.05) is 0 Å². The largest absolute Gasteiger partial charge is 0.488 e. The van der Waals surface area contributed by atoms with Crippen molar-refractivity contribution in [2.24, 2.45) is 7.05 Å². The van der Waals surface area contributed by atoms with E-state index >= 15 is 0 Å². The second-order valence-corrected chi connectivity index (χ2v) is 2.48. The van der Waals surface area contributed by atoms with Crippen LogP contribution in [-0.2, 0) is 7.05 Å². The zero-order chi connectivity index (χ0) is 6.97. The van der Waals surface area contributed by atoms with Crippen LogP contribution >= 0.6 is 0 Å². The van der Waals surface area contributed by atoms with E-state index in [2.05, 4.69) is 5.32 Å². The molecule has 2 rings (SSSR count). The van der Waals surface area contributed by atoms with Crippen LogP contribution < -0.4 is 10.1 Å². The highest BCUT2D eigenvalue weighted by molar-refractivity contribution is 5.56. The summed E-state index contributed by atoms with van der Waals surface area (Å²) in [5.41, 5.74) is 1.11. The summed E-state index contributed by atoms with van der Waals surface area (Å²) < 4.78 is 7.35. The Morgan fingerprint density at radius 2 is 2.50 bits per heavy atom. The molecule has 3 heteroatoms. The van der Waals surface area contributed by atoms with Gasteiger partial charge >= 0.3 is 0 Å². The molecule has 0 bridgehead atoms. The molecule has 0 aliphatic carbocycles. The highest BCUT2D eigenvalue weighted by atomic mass is 16.5. The third-order valence-corrected chi connectivity index (χ3v) is 1.59. The highest BCUT2D eigenvalue weighted by Gasteiger charge is 2.09. The Bertz CT molecular complexity index is 218. The number of nitrogens with one attached hydrogen (secondary N) is 1. The molecule has 0 amide bonds. The van der Waals surface area contributed by atoms with Crippen LogP contribution in [0.15, 0.2) is 12.4 Å². The highest BCUT2D eigenvalue weighted by Crippen LogP contribution is 2.26. The van der Waals surface area contributed by atoms with Crippen LogP contribution in [0.25, 0.3) is 0 Å². The first kappa shape index (κ1) is 5.65. The summed E-state index contributed by atoms with van der Waals surface area (Å²) in [4.78, 5) is 0. The van der Waals surface area contributed by atoms with E-state index in [1.54, 1.807) is 0 Å². The Balaban J connectivity index is 2.41. The molecule has 1 aliphatic heterocycles. The molecule has 0 fully saturated rings. The van der Waals surface area contributed by atoms with Crippen molar-refractivity contribution < 1.29 is 4.74 Å². The van der Waals surface area contributed by atoms with Crippen LogP contribution in [0.2, 0.25) is 0 Å². The number of fused-ring (bicyclic) bond motifs is 1. The van der Waals surface area contributed by atoms with Gasteiger partial charge < -0.3 is 14.6 Å². The van der Waals surface area contributed by atoms with E-state index in [-0.39, 0.29) is 0 Å².